The minimum atomic E-state index is 0.550. The van der Waals surface area contributed by atoms with Crippen LogP contribution in [0.5, 0.6) is 0 Å². The molecule has 6 heteroatoms. The SMILES string of the molecule is Nc1cn2ccnc2c(N2CCN(C3CCCC3)CC2)n1. The third-order valence-electron chi connectivity index (χ3n) is 4.83. The molecular weight excluding hydrogens is 264 g/mol. The van der Waals surface area contributed by atoms with Crippen LogP contribution in [-0.4, -0.2) is 51.5 Å². The van der Waals surface area contributed by atoms with Gasteiger partial charge >= 0.3 is 0 Å². The van der Waals surface area contributed by atoms with Crippen LogP contribution in [0.25, 0.3) is 5.65 Å². The maximum Gasteiger partial charge on any atom is 0.180 e. The highest BCUT2D eigenvalue weighted by atomic mass is 15.3. The summed E-state index contributed by atoms with van der Waals surface area (Å²) in [7, 11) is 0. The molecule has 1 aliphatic carbocycles. The van der Waals surface area contributed by atoms with E-state index >= 15 is 0 Å². The van der Waals surface area contributed by atoms with E-state index < -0.39 is 0 Å². The quantitative estimate of drug-likeness (QED) is 0.903. The molecule has 0 aromatic carbocycles. The molecule has 3 heterocycles. The number of hydrogen-bond donors (Lipinski definition) is 1. The van der Waals surface area contributed by atoms with Gasteiger partial charge in [0.25, 0.3) is 0 Å². The van der Waals surface area contributed by atoms with Crippen molar-refractivity contribution in [1.29, 1.82) is 0 Å². The van der Waals surface area contributed by atoms with Gasteiger partial charge in [-0.2, -0.15) is 0 Å². The highest BCUT2D eigenvalue weighted by Gasteiger charge is 2.27. The van der Waals surface area contributed by atoms with E-state index in [2.05, 4.69) is 19.8 Å². The number of nitrogens with zero attached hydrogens (tertiary/aromatic N) is 5. The van der Waals surface area contributed by atoms with Gasteiger partial charge in [0, 0.05) is 44.6 Å². The molecule has 2 aromatic rings. The number of nitrogens with two attached hydrogens (primary N) is 1. The lowest BCUT2D eigenvalue weighted by Crippen LogP contribution is -2.50. The third-order valence-corrected chi connectivity index (χ3v) is 4.83. The number of imidazole rings is 1. The molecule has 0 amide bonds. The van der Waals surface area contributed by atoms with Crippen molar-refractivity contribution in [2.75, 3.05) is 36.8 Å². The zero-order chi connectivity index (χ0) is 14.2. The van der Waals surface area contributed by atoms with Gasteiger partial charge < -0.3 is 15.0 Å². The van der Waals surface area contributed by atoms with Crippen molar-refractivity contribution < 1.29 is 0 Å². The van der Waals surface area contributed by atoms with Crippen molar-refractivity contribution >= 4 is 17.3 Å². The predicted molar refractivity (Wildman–Crippen MR) is 83.4 cm³/mol. The first-order valence-corrected chi connectivity index (χ1v) is 7.89. The fourth-order valence-corrected chi connectivity index (χ4v) is 3.71. The van der Waals surface area contributed by atoms with Crippen molar-refractivity contribution in [3.63, 3.8) is 0 Å². The first kappa shape index (κ1) is 12.9. The largest absolute Gasteiger partial charge is 0.382 e. The van der Waals surface area contributed by atoms with E-state index in [1.807, 2.05) is 16.8 Å². The average Bonchev–Trinajstić information content (AvgIpc) is 3.17. The van der Waals surface area contributed by atoms with Crippen LogP contribution in [0, 0.1) is 0 Å². The Morgan fingerprint density at radius 3 is 2.62 bits per heavy atom. The number of piperazine rings is 1. The smallest absolute Gasteiger partial charge is 0.180 e. The molecule has 1 saturated heterocycles. The molecule has 112 valence electrons. The van der Waals surface area contributed by atoms with E-state index in [0.717, 1.165) is 43.7 Å². The second kappa shape index (κ2) is 5.18. The van der Waals surface area contributed by atoms with Crippen molar-refractivity contribution in [3.8, 4) is 0 Å². The molecular formula is C15H22N6. The number of hydrogen-bond acceptors (Lipinski definition) is 5. The van der Waals surface area contributed by atoms with E-state index in [-0.39, 0.29) is 0 Å². The van der Waals surface area contributed by atoms with Crippen molar-refractivity contribution in [2.45, 2.75) is 31.7 Å². The molecule has 0 bridgehead atoms. The molecule has 2 aromatic heterocycles. The first-order chi connectivity index (χ1) is 10.3. The van der Waals surface area contributed by atoms with Crippen LogP contribution >= 0.6 is 0 Å². The van der Waals surface area contributed by atoms with Crippen LogP contribution in [0.1, 0.15) is 25.7 Å². The number of anilines is 2. The standard InChI is InChI=1S/C15H22N6/c16-13-11-21-6-5-17-14(21)15(18-13)20-9-7-19(8-10-20)12-3-1-2-4-12/h5-6,11-12H,1-4,7-10,16H2. The van der Waals surface area contributed by atoms with Crippen molar-refractivity contribution in [3.05, 3.63) is 18.6 Å². The molecule has 1 aliphatic heterocycles. The van der Waals surface area contributed by atoms with E-state index in [4.69, 9.17) is 5.73 Å². The Labute approximate surface area is 124 Å². The normalized spacial score (nSPS) is 21.4. The molecule has 0 spiro atoms. The lowest BCUT2D eigenvalue weighted by molar-refractivity contribution is 0.187. The van der Waals surface area contributed by atoms with E-state index in [9.17, 15) is 0 Å². The fraction of sp³-hybridized carbons (Fsp3) is 0.600. The Morgan fingerprint density at radius 2 is 1.86 bits per heavy atom. The first-order valence-electron chi connectivity index (χ1n) is 7.89. The minimum Gasteiger partial charge on any atom is -0.382 e. The Balaban J connectivity index is 1.53. The summed E-state index contributed by atoms with van der Waals surface area (Å²) in [4.78, 5) is 13.9. The second-order valence-corrected chi connectivity index (χ2v) is 6.11. The lowest BCUT2D eigenvalue weighted by Gasteiger charge is -2.38. The van der Waals surface area contributed by atoms with Crippen LogP contribution in [0.15, 0.2) is 18.6 Å². The van der Waals surface area contributed by atoms with Gasteiger partial charge in [0.15, 0.2) is 11.5 Å². The van der Waals surface area contributed by atoms with E-state index in [1.165, 1.54) is 25.7 Å². The zero-order valence-electron chi connectivity index (χ0n) is 12.3. The summed E-state index contributed by atoms with van der Waals surface area (Å²) in [6.45, 7) is 4.26. The maximum absolute atomic E-state index is 5.92. The Kier molecular flexibility index (Phi) is 3.18. The molecule has 2 aliphatic rings. The topological polar surface area (TPSA) is 62.7 Å². The number of fused-ring (bicyclic) bond motifs is 1. The second-order valence-electron chi connectivity index (χ2n) is 6.11. The van der Waals surface area contributed by atoms with Gasteiger partial charge in [-0.25, -0.2) is 9.97 Å². The highest BCUT2D eigenvalue weighted by Crippen LogP contribution is 2.26. The summed E-state index contributed by atoms with van der Waals surface area (Å²) in [6.07, 6.45) is 11.1. The molecule has 4 rings (SSSR count). The van der Waals surface area contributed by atoms with Gasteiger partial charge in [0.1, 0.15) is 5.82 Å². The summed E-state index contributed by atoms with van der Waals surface area (Å²) in [5.74, 6) is 1.47. The summed E-state index contributed by atoms with van der Waals surface area (Å²) < 4.78 is 1.96. The van der Waals surface area contributed by atoms with E-state index in [0.29, 0.717) is 5.82 Å². The Hall–Kier alpha value is -1.82. The Morgan fingerprint density at radius 1 is 1.10 bits per heavy atom. The molecule has 2 fully saturated rings. The number of rotatable bonds is 2. The molecule has 2 N–H and O–H groups in total. The molecule has 0 radical (unpaired) electrons. The monoisotopic (exact) mass is 286 g/mol. The molecule has 21 heavy (non-hydrogen) atoms. The predicted octanol–water partition coefficient (Wildman–Crippen LogP) is 1.38. The fourth-order valence-electron chi connectivity index (χ4n) is 3.71. The minimum absolute atomic E-state index is 0.550. The average molecular weight is 286 g/mol. The van der Waals surface area contributed by atoms with Crippen LogP contribution in [0.4, 0.5) is 11.6 Å². The summed E-state index contributed by atoms with van der Waals surface area (Å²) in [6, 6.07) is 0.812. The third kappa shape index (κ3) is 2.33. The van der Waals surface area contributed by atoms with Crippen molar-refractivity contribution in [2.24, 2.45) is 0 Å². The molecule has 1 saturated carbocycles. The number of aromatic nitrogens is 3. The van der Waals surface area contributed by atoms with Crippen molar-refractivity contribution in [1.82, 2.24) is 19.3 Å². The van der Waals surface area contributed by atoms with Gasteiger partial charge in [-0.1, -0.05) is 12.8 Å². The maximum atomic E-state index is 5.92. The molecule has 0 unspecified atom stereocenters. The summed E-state index contributed by atoms with van der Waals surface area (Å²) in [5, 5.41) is 0. The van der Waals surface area contributed by atoms with Gasteiger partial charge in [-0.15, -0.1) is 0 Å². The van der Waals surface area contributed by atoms with Crippen LogP contribution < -0.4 is 10.6 Å². The van der Waals surface area contributed by atoms with Gasteiger partial charge in [-0.05, 0) is 12.8 Å². The summed E-state index contributed by atoms with van der Waals surface area (Å²) in [5.41, 5.74) is 6.82. The summed E-state index contributed by atoms with van der Waals surface area (Å²) >= 11 is 0. The Bertz CT molecular complexity index is 622. The lowest BCUT2D eigenvalue weighted by atomic mass is 10.2. The van der Waals surface area contributed by atoms with Crippen LogP contribution in [0.3, 0.4) is 0 Å². The molecule has 0 atom stereocenters. The number of nitrogen functional groups attached to an aromatic ring is 1. The van der Waals surface area contributed by atoms with Crippen LogP contribution in [-0.2, 0) is 0 Å². The van der Waals surface area contributed by atoms with Crippen LogP contribution in [0.2, 0.25) is 0 Å². The van der Waals surface area contributed by atoms with E-state index in [1.54, 1.807) is 6.20 Å². The molecule has 6 nitrogen and oxygen atoms in total. The van der Waals surface area contributed by atoms with Gasteiger partial charge in [-0.3, -0.25) is 4.90 Å². The van der Waals surface area contributed by atoms with Gasteiger partial charge in [0.05, 0.1) is 6.20 Å². The van der Waals surface area contributed by atoms with Gasteiger partial charge in [0.2, 0.25) is 0 Å². The highest BCUT2D eigenvalue weighted by molar-refractivity contribution is 5.66. The zero-order valence-corrected chi connectivity index (χ0v) is 12.3.